The summed E-state index contributed by atoms with van der Waals surface area (Å²) in [7, 11) is 7.85. The van der Waals surface area contributed by atoms with Crippen molar-refractivity contribution >= 4 is 17.2 Å². The molecule has 0 unspecified atom stereocenters. The number of ether oxygens (including phenoxy) is 1. The minimum absolute atomic E-state index is 0.604. The zero-order valence-corrected chi connectivity index (χ0v) is 11.6. The van der Waals surface area contributed by atoms with Gasteiger partial charge in [-0.05, 0) is 26.2 Å². The van der Waals surface area contributed by atoms with Crippen LogP contribution in [0.5, 0.6) is 5.88 Å². The number of nitrogens with zero attached hydrogens (tertiary/aromatic N) is 3. The Morgan fingerprint density at radius 2 is 2.06 bits per heavy atom. The van der Waals surface area contributed by atoms with Crippen LogP contribution >= 0.6 is 12.2 Å². The summed E-state index contributed by atoms with van der Waals surface area (Å²) >= 11 is 5.33. The van der Waals surface area contributed by atoms with Gasteiger partial charge in [0.25, 0.3) is 0 Å². The van der Waals surface area contributed by atoms with Crippen molar-refractivity contribution in [3.8, 4) is 5.88 Å². The lowest BCUT2D eigenvalue weighted by Crippen LogP contribution is -2.23. The van der Waals surface area contributed by atoms with E-state index in [9.17, 15) is 0 Å². The molecule has 17 heavy (non-hydrogen) atoms. The zero-order chi connectivity index (χ0) is 12.8. The molecule has 0 saturated heterocycles. The van der Waals surface area contributed by atoms with Gasteiger partial charge < -0.3 is 14.5 Å². The molecule has 0 aliphatic carbocycles. The van der Waals surface area contributed by atoms with E-state index in [1.54, 1.807) is 6.20 Å². The highest BCUT2D eigenvalue weighted by molar-refractivity contribution is 7.80. The van der Waals surface area contributed by atoms with Crippen molar-refractivity contribution in [2.24, 2.45) is 0 Å². The fourth-order valence-electron chi connectivity index (χ4n) is 1.23. The van der Waals surface area contributed by atoms with Gasteiger partial charge >= 0.3 is 0 Å². The van der Waals surface area contributed by atoms with E-state index in [-0.39, 0.29) is 0 Å². The lowest BCUT2D eigenvalue weighted by molar-refractivity contribution is 0.253. The quantitative estimate of drug-likeness (QED) is 0.737. The summed E-state index contributed by atoms with van der Waals surface area (Å²) in [6, 6.07) is 3.80. The van der Waals surface area contributed by atoms with Crippen molar-refractivity contribution in [2.45, 2.75) is 0 Å². The highest BCUT2D eigenvalue weighted by atomic mass is 32.1. The molecule has 0 aliphatic heterocycles. The first kappa shape index (κ1) is 13.9. The average molecular weight is 253 g/mol. The van der Waals surface area contributed by atoms with Gasteiger partial charge in [0, 0.05) is 26.8 Å². The third-order valence-corrected chi connectivity index (χ3v) is 2.77. The second-order valence-corrected chi connectivity index (χ2v) is 4.59. The van der Waals surface area contributed by atoms with Gasteiger partial charge in [0.2, 0.25) is 5.88 Å². The fraction of sp³-hybridized carbons (Fsp3) is 0.500. The molecule has 1 rings (SSSR count). The first-order valence-corrected chi connectivity index (χ1v) is 5.87. The zero-order valence-electron chi connectivity index (χ0n) is 10.8. The van der Waals surface area contributed by atoms with E-state index in [1.165, 1.54) is 0 Å². The summed E-state index contributed by atoms with van der Waals surface area (Å²) in [5.41, 5.74) is 0.867. The summed E-state index contributed by atoms with van der Waals surface area (Å²) in [4.78, 5) is 8.90. The van der Waals surface area contributed by atoms with Crippen molar-refractivity contribution in [3.05, 3.63) is 23.9 Å². The molecule has 0 aliphatic rings. The van der Waals surface area contributed by atoms with Crippen LogP contribution in [0.4, 0.5) is 0 Å². The average Bonchev–Trinajstić information content (AvgIpc) is 2.28. The molecule has 0 aromatic carbocycles. The topological polar surface area (TPSA) is 28.6 Å². The Hall–Kier alpha value is -1.20. The maximum Gasteiger partial charge on any atom is 0.223 e. The van der Waals surface area contributed by atoms with E-state index in [0.29, 0.717) is 12.5 Å². The van der Waals surface area contributed by atoms with Crippen LogP contribution < -0.4 is 4.74 Å². The molecular weight excluding hydrogens is 234 g/mol. The normalized spacial score (nSPS) is 10.4. The first-order chi connectivity index (χ1) is 8.02. The third-order valence-electron chi connectivity index (χ3n) is 2.19. The predicted octanol–water partition coefficient (Wildman–Crippen LogP) is 1.26. The van der Waals surface area contributed by atoms with Crippen molar-refractivity contribution in [1.29, 1.82) is 0 Å². The van der Waals surface area contributed by atoms with E-state index < -0.39 is 0 Å². The van der Waals surface area contributed by atoms with Crippen LogP contribution in [0.2, 0.25) is 0 Å². The second kappa shape index (κ2) is 6.51. The summed E-state index contributed by atoms with van der Waals surface area (Å²) in [5, 5.41) is 0. The van der Waals surface area contributed by atoms with Crippen molar-refractivity contribution < 1.29 is 4.74 Å². The Labute approximate surface area is 108 Å². The minimum atomic E-state index is 0.604. The van der Waals surface area contributed by atoms with Gasteiger partial charge in [-0.2, -0.15) is 0 Å². The lowest BCUT2D eigenvalue weighted by Gasteiger charge is -2.17. The predicted molar refractivity (Wildman–Crippen MR) is 73.7 cm³/mol. The largest absolute Gasteiger partial charge is 0.476 e. The summed E-state index contributed by atoms with van der Waals surface area (Å²) < 4.78 is 5.65. The monoisotopic (exact) mass is 253 g/mol. The van der Waals surface area contributed by atoms with Crippen LogP contribution in [0.15, 0.2) is 18.3 Å². The number of aromatic nitrogens is 1. The maximum absolute atomic E-state index is 5.65. The Morgan fingerprint density at radius 1 is 1.35 bits per heavy atom. The molecule has 1 heterocycles. The Bertz CT molecular complexity index is 380. The molecule has 1 aromatic heterocycles. The van der Waals surface area contributed by atoms with E-state index >= 15 is 0 Å². The molecule has 94 valence electrons. The fourth-order valence-corrected chi connectivity index (χ4v) is 1.39. The highest BCUT2D eigenvalue weighted by Gasteiger charge is 2.11. The van der Waals surface area contributed by atoms with E-state index in [1.807, 2.05) is 45.2 Å². The lowest BCUT2D eigenvalue weighted by atomic mass is 10.2. The SMILES string of the molecule is CN(C)CCOc1ncccc1C(=S)N(C)C. The Kier molecular flexibility index (Phi) is 5.31. The Morgan fingerprint density at radius 3 is 2.65 bits per heavy atom. The molecule has 0 spiro atoms. The summed E-state index contributed by atoms with van der Waals surface area (Å²) in [5.74, 6) is 0.605. The van der Waals surface area contributed by atoms with Crippen molar-refractivity contribution in [3.63, 3.8) is 0 Å². The van der Waals surface area contributed by atoms with Gasteiger partial charge in [0.05, 0.1) is 5.56 Å². The molecule has 0 atom stereocenters. The standard InChI is InChI=1S/C12H19N3OS/c1-14(2)8-9-16-11-10(6-5-7-13-11)12(17)15(3)4/h5-7H,8-9H2,1-4H3. The Balaban J connectivity index is 2.74. The van der Waals surface area contributed by atoms with Crippen molar-refractivity contribution in [1.82, 2.24) is 14.8 Å². The summed E-state index contributed by atoms with van der Waals surface area (Å²) in [6.45, 7) is 1.46. The van der Waals surface area contributed by atoms with E-state index in [4.69, 9.17) is 17.0 Å². The molecule has 0 fully saturated rings. The van der Waals surface area contributed by atoms with Crippen LogP contribution in [0, 0.1) is 0 Å². The van der Waals surface area contributed by atoms with Crippen LogP contribution in [0.3, 0.4) is 0 Å². The highest BCUT2D eigenvalue weighted by Crippen LogP contribution is 2.16. The third kappa shape index (κ3) is 4.28. The van der Waals surface area contributed by atoms with Gasteiger partial charge in [0.1, 0.15) is 11.6 Å². The number of thiocarbonyl (C=S) groups is 1. The van der Waals surface area contributed by atoms with Crippen LogP contribution in [-0.4, -0.2) is 61.1 Å². The number of rotatable bonds is 5. The minimum Gasteiger partial charge on any atom is -0.476 e. The van der Waals surface area contributed by atoms with Gasteiger partial charge in [-0.3, -0.25) is 0 Å². The second-order valence-electron chi connectivity index (χ2n) is 4.21. The van der Waals surface area contributed by atoms with Gasteiger partial charge in [-0.15, -0.1) is 0 Å². The summed E-state index contributed by atoms with van der Waals surface area (Å²) in [6.07, 6.45) is 1.72. The molecular formula is C12H19N3OS. The van der Waals surface area contributed by atoms with Crippen LogP contribution in [0.25, 0.3) is 0 Å². The van der Waals surface area contributed by atoms with Crippen molar-refractivity contribution in [2.75, 3.05) is 41.3 Å². The number of hydrogen-bond donors (Lipinski definition) is 0. The van der Waals surface area contributed by atoms with E-state index in [0.717, 1.165) is 17.1 Å². The number of pyridine rings is 1. The molecule has 1 aromatic rings. The molecule has 4 nitrogen and oxygen atoms in total. The van der Waals surface area contributed by atoms with Crippen LogP contribution in [0.1, 0.15) is 5.56 Å². The molecule has 0 amide bonds. The first-order valence-electron chi connectivity index (χ1n) is 5.46. The molecule has 5 heteroatoms. The maximum atomic E-state index is 5.65. The van der Waals surface area contributed by atoms with E-state index in [2.05, 4.69) is 9.88 Å². The molecule has 0 N–H and O–H groups in total. The number of hydrogen-bond acceptors (Lipinski definition) is 4. The molecule has 0 bridgehead atoms. The van der Waals surface area contributed by atoms with Gasteiger partial charge in [-0.1, -0.05) is 12.2 Å². The number of likely N-dealkylation sites (N-methyl/N-ethyl adjacent to an activating group) is 1. The van der Waals surface area contributed by atoms with Gasteiger partial charge in [-0.25, -0.2) is 4.98 Å². The molecule has 0 radical (unpaired) electrons. The van der Waals surface area contributed by atoms with Gasteiger partial charge in [0.15, 0.2) is 0 Å². The molecule has 0 saturated carbocycles. The smallest absolute Gasteiger partial charge is 0.223 e. The van der Waals surface area contributed by atoms with Crippen LogP contribution in [-0.2, 0) is 0 Å².